The Balaban J connectivity index is 1.33. The first kappa shape index (κ1) is 20.8. The summed E-state index contributed by atoms with van der Waals surface area (Å²) in [7, 11) is 0. The van der Waals surface area contributed by atoms with Crippen molar-refractivity contribution >= 4 is 35.2 Å². The molecule has 2 saturated heterocycles. The second kappa shape index (κ2) is 9.13. The third-order valence-electron chi connectivity index (χ3n) is 5.86. The number of imide groups is 1. The zero-order valence-corrected chi connectivity index (χ0v) is 17.9. The third-order valence-corrected chi connectivity index (χ3v) is 6.26. The number of hydrogen-bond acceptors (Lipinski definition) is 4. The Hall–Kier alpha value is -2.47. The predicted molar refractivity (Wildman–Crippen MR) is 121 cm³/mol. The molecule has 0 radical (unpaired) electrons. The highest BCUT2D eigenvalue weighted by Gasteiger charge is 2.43. The SMILES string of the molecule is Cc1ccc(N2C(=O)CC(N3CCN(CC=Cc4ccccc4)CC3)C2=O)cc1Cl. The minimum absolute atomic E-state index is 0.141. The molecule has 2 amide bonds. The highest BCUT2D eigenvalue weighted by molar-refractivity contribution is 6.32. The largest absolute Gasteiger partial charge is 0.297 e. The maximum Gasteiger partial charge on any atom is 0.251 e. The van der Waals surface area contributed by atoms with E-state index in [-0.39, 0.29) is 24.3 Å². The van der Waals surface area contributed by atoms with Crippen molar-refractivity contribution in [2.24, 2.45) is 0 Å². The van der Waals surface area contributed by atoms with Crippen LogP contribution < -0.4 is 4.90 Å². The zero-order valence-electron chi connectivity index (χ0n) is 17.1. The van der Waals surface area contributed by atoms with Crippen LogP contribution in [0, 0.1) is 6.92 Å². The maximum atomic E-state index is 13.0. The highest BCUT2D eigenvalue weighted by Crippen LogP contribution is 2.29. The van der Waals surface area contributed by atoms with Crippen molar-refractivity contribution in [3.8, 4) is 0 Å². The summed E-state index contributed by atoms with van der Waals surface area (Å²) in [4.78, 5) is 31.4. The van der Waals surface area contributed by atoms with E-state index in [1.54, 1.807) is 12.1 Å². The average molecular weight is 424 g/mol. The molecule has 0 aromatic heterocycles. The van der Waals surface area contributed by atoms with Gasteiger partial charge in [0.2, 0.25) is 5.91 Å². The Labute approximate surface area is 182 Å². The predicted octanol–water partition coefficient (Wildman–Crippen LogP) is 3.61. The molecule has 0 saturated carbocycles. The third kappa shape index (κ3) is 4.48. The molecule has 6 heteroatoms. The van der Waals surface area contributed by atoms with Crippen LogP contribution in [-0.2, 0) is 9.59 Å². The minimum Gasteiger partial charge on any atom is -0.297 e. The number of rotatable bonds is 5. The van der Waals surface area contributed by atoms with Gasteiger partial charge in [0.25, 0.3) is 5.91 Å². The summed E-state index contributed by atoms with van der Waals surface area (Å²) >= 11 is 6.20. The van der Waals surface area contributed by atoms with Crippen LogP contribution in [0.2, 0.25) is 5.02 Å². The molecule has 1 unspecified atom stereocenters. The van der Waals surface area contributed by atoms with Gasteiger partial charge in [-0.15, -0.1) is 0 Å². The number of carbonyl (C=O) groups excluding carboxylic acids is 2. The molecule has 156 valence electrons. The number of benzene rings is 2. The first-order valence-electron chi connectivity index (χ1n) is 10.3. The number of nitrogens with zero attached hydrogens (tertiary/aromatic N) is 3. The van der Waals surface area contributed by atoms with Crippen molar-refractivity contribution in [1.82, 2.24) is 9.80 Å². The average Bonchev–Trinajstić information content (AvgIpc) is 3.05. The fourth-order valence-corrected chi connectivity index (χ4v) is 4.23. The lowest BCUT2D eigenvalue weighted by Gasteiger charge is -2.36. The molecule has 1 atom stereocenters. The molecule has 2 fully saturated rings. The summed E-state index contributed by atoms with van der Waals surface area (Å²) in [6, 6.07) is 15.2. The van der Waals surface area contributed by atoms with Crippen molar-refractivity contribution in [2.45, 2.75) is 19.4 Å². The Morgan fingerprint density at radius 3 is 2.47 bits per heavy atom. The lowest BCUT2D eigenvalue weighted by molar-refractivity contribution is -0.123. The number of amides is 2. The lowest BCUT2D eigenvalue weighted by Crippen LogP contribution is -2.52. The minimum atomic E-state index is -0.375. The number of anilines is 1. The van der Waals surface area contributed by atoms with Crippen molar-refractivity contribution < 1.29 is 9.59 Å². The Bertz CT molecular complexity index is 952. The van der Waals surface area contributed by atoms with Crippen molar-refractivity contribution in [2.75, 3.05) is 37.6 Å². The summed E-state index contributed by atoms with van der Waals surface area (Å²) in [6.45, 7) is 6.11. The van der Waals surface area contributed by atoms with Crippen LogP contribution in [-0.4, -0.2) is 60.4 Å². The summed E-state index contributed by atoms with van der Waals surface area (Å²) < 4.78 is 0. The van der Waals surface area contributed by atoms with Gasteiger partial charge in [-0.1, -0.05) is 60.2 Å². The topological polar surface area (TPSA) is 43.9 Å². The van der Waals surface area contributed by atoms with E-state index in [2.05, 4.69) is 34.1 Å². The van der Waals surface area contributed by atoms with Crippen molar-refractivity contribution in [1.29, 1.82) is 0 Å². The number of halogens is 1. The number of hydrogen-bond donors (Lipinski definition) is 0. The summed E-state index contributed by atoms with van der Waals surface area (Å²) in [5.41, 5.74) is 2.68. The van der Waals surface area contributed by atoms with Crippen LogP contribution in [0.3, 0.4) is 0 Å². The van der Waals surface area contributed by atoms with Crippen LogP contribution in [0.25, 0.3) is 6.08 Å². The van der Waals surface area contributed by atoms with Gasteiger partial charge in [0.15, 0.2) is 0 Å². The Morgan fingerprint density at radius 1 is 1.03 bits per heavy atom. The zero-order chi connectivity index (χ0) is 21.1. The van der Waals surface area contributed by atoms with Gasteiger partial charge < -0.3 is 0 Å². The smallest absolute Gasteiger partial charge is 0.251 e. The highest BCUT2D eigenvalue weighted by atomic mass is 35.5. The van der Waals surface area contributed by atoms with Crippen LogP contribution >= 0.6 is 11.6 Å². The van der Waals surface area contributed by atoms with Gasteiger partial charge in [0, 0.05) is 37.7 Å². The van der Waals surface area contributed by atoms with E-state index in [1.165, 1.54) is 10.5 Å². The molecule has 0 bridgehead atoms. The monoisotopic (exact) mass is 423 g/mol. The molecular formula is C24H26ClN3O2. The first-order valence-corrected chi connectivity index (χ1v) is 10.7. The van der Waals surface area contributed by atoms with E-state index in [0.29, 0.717) is 10.7 Å². The molecule has 0 N–H and O–H groups in total. The van der Waals surface area contributed by atoms with E-state index in [4.69, 9.17) is 11.6 Å². The van der Waals surface area contributed by atoms with E-state index in [0.717, 1.165) is 38.3 Å². The molecule has 2 aromatic carbocycles. The standard InChI is InChI=1S/C24H26ClN3O2/c1-18-9-10-20(16-21(18)25)28-23(29)17-22(24(28)30)27-14-12-26(13-15-27)11-5-8-19-6-3-2-4-7-19/h2-10,16,22H,11-15,17H2,1H3. The van der Waals surface area contributed by atoms with Crippen molar-refractivity contribution in [3.05, 3.63) is 70.8 Å². The summed E-state index contributed by atoms with van der Waals surface area (Å²) in [6.07, 6.45) is 4.55. The van der Waals surface area contributed by atoms with Gasteiger partial charge >= 0.3 is 0 Å². The fourth-order valence-electron chi connectivity index (χ4n) is 4.05. The molecule has 2 aromatic rings. The maximum absolute atomic E-state index is 13.0. The van der Waals surface area contributed by atoms with Gasteiger partial charge in [0.1, 0.15) is 0 Å². The normalized spacial score (nSPS) is 21.1. The lowest BCUT2D eigenvalue weighted by atomic mass is 10.1. The van der Waals surface area contributed by atoms with Crippen LogP contribution in [0.1, 0.15) is 17.5 Å². The fraction of sp³-hybridized carbons (Fsp3) is 0.333. The molecule has 30 heavy (non-hydrogen) atoms. The summed E-state index contributed by atoms with van der Waals surface area (Å²) in [5.74, 6) is -0.296. The second-order valence-electron chi connectivity index (χ2n) is 7.87. The van der Waals surface area contributed by atoms with E-state index < -0.39 is 0 Å². The number of aryl methyl sites for hydroxylation is 1. The van der Waals surface area contributed by atoms with E-state index in [1.807, 2.05) is 31.2 Å². The van der Waals surface area contributed by atoms with Gasteiger partial charge in [0.05, 0.1) is 18.2 Å². The van der Waals surface area contributed by atoms with Gasteiger partial charge in [-0.05, 0) is 30.2 Å². The molecule has 2 aliphatic rings. The van der Waals surface area contributed by atoms with Crippen LogP contribution in [0.15, 0.2) is 54.6 Å². The quantitative estimate of drug-likeness (QED) is 0.689. The Kier molecular flexibility index (Phi) is 6.32. The molecule has 0 spiro atoms. The second-order valence-corrected chi connectivity index (χ2v) is 8.28. The van der Waals surface area contributed by atoms with Crippen molar-refractivity contribution in [3.63, 3.8) is 0 Å². The number of piperazine rings is 1. The molecule has 0 aliphatic carbocycles. The first-order chi connectivity index (χ1) is 14.5. The molecule has 5 nitrogen and oxygen atoms in total. The van der Waals surface area contributed by atoms with Gasteiger partial charge in [-0.25, -0.2) is 4.90 Å². The van der Waals surface area contributed by atoms with Gasteiger partial charge in [-0.2, -0.15) is 0 Å². The van der Waals surface area contributed by atoms with E-state index >= 15 is 0 Å². The Morgan fingerprint density at radius 2 is 1.77 bits per heavy atom. The van der Waals surface area contributed by atoms with E-state index in [9.17, 15) is 9.59 Å². The molecule has 2 heterocycles. The van der Waals surface area contributed by atoms with Gasteiger partial charge in [-0.3, -0.25) is 19.4 Å². The number of carbonyl (C=O) groups is 2. The molecule has 2 aliphatic heterocycles. The van der Waals surface area contributed by atoms with Crippen LogP contribution in [0.4, 0.5) is 5.69 Å². The summed E-state index contributed by atoms with van der Waals surface area (Å²) in [5, 5.41) is 0.564. The molecular weight excluding hydrogens is 398 g/mol. The van der Waals surface area contributed by atoms with Crippen LogP contribution in [0.5, 0.6) is 0 Å². The molecule has 4 rings (SSSR count).